The third-order valence-corrected chi connectivity index (χ3v) is 5.34. The van der Waals surface area contributed by atoms with Gasteiger partial charge in [0.25, 0.3) is 0 Å². The van der Waals surface area contributed by atoms with E-state index >= 15 is 0 Å². The summed E-state index contributed by atoms with van der Waals surface area (Å²) >= 11 is 0. The standard InChI is InChI=1S/C22H31NO/c1-6-18-14-20(12-13-21(18)17(5)24)22(7-2)23-16(4)19-10-8-15(3)9-11-19/h7,12-15,19H,6,8-11H2,1-5H3/b22-7-,23-16?. The summed E-state index contributed by atoms with van der Waals surface area (Å²) in [5.74, 6) is 1.62. The number of benzene rings is 1. The summed E-state index contributed by atoms with van der Waals surface area (Å²) in [6.07, 6.45) is 8.10. The second-order valence-corrected chi connectivity index (χ2v) is 7.17. The van der Waals surface area contributed by atoms with Crippen LogP contribution in [0.25, 0.3) is 5.70 Å². The number of carbonyl (C=O) groups excluding carboxylic acids is 1. The number of aryl methyl sites for hydroxylation is 1. The Bertz CT molecular complexity index is 646. The van der Waals surface area contributed by atoms with Crippen LogP contribution in [0.1, 0.15) is 81.8 Å². The Balaban J connectivity index is 2.25. The number of rotatable bonds is 5. The fourth-order valence-electron chi connectivity index (χ4n) is 3.64. The molecule has 1 fully saturated rings. The van der Waals surface area contributed by atoms with Crippen molar-refractivity contribution in [2.24, 2.45) is 16.8 Å². The summed E-state index contributed by atoms with van der Waals surface area (Å²) in [5, 5.41) is 0. The van der Waals surface area contributed by atoms with Crippen LogP contribution in [0.5, 0.6) is 0 Å². The fraction of sp³-hybridized carbons (Fsp3) is 0.545. The second-order valence-electron chi connectivity index (χ2n) is 7.17. The molecule has 130 valence electrons. The van der Waals surface area contributed by atoms with Gasteiger partial charge in [0, 0.05) is 16.8 Å². The molecule has 1 saturated carbocycles. The van der Waals surface area contributed by atoms with Crippen LogP contribution in [0.15, 0.2) is 29.3 Å². The van der Waals surface area contributed by atoms with Crippen LogP contribution in [-0.4, -0.2) is 11.5 Å². The average molecular weight is 325 g/mol. The molecule has 0 spiro atoms. The molecule has 0 atom stereocenters. The largest absolute Gasteiger partial charge is 0.295 e. The van der Waals surface area contributed by atoms with E-state index in [4.69, 9.17) is 4.99 Å². The predicted molar refractivity (Wildman–Crippen MR) is 104 cm³/mol. The highest BCUT2D eigenvalue weighted by molar-refractivity contribution is 5.96. The van der Waals surface area contributed by atoms with Gasteiger partial charge >= 0.3 is 0 Å². The van der Waals surface area contributed by atoms with Crippen LogP contribution in [0.4, 0.5) is 0 Å². The van der Waals surface area contributed by atoms with Gasteiger partial charge in [-0.1, -0.05) is 44.9 Å². The lowest BCUT2D eigenvalue weighted by Crippen LogP contribution is -2.18. The Morgan fingerprint density at radius 1 is 1.21 bits per heavy atom. The van der Waals surface area contributed by atoms with Crippen molar-refractivity contribution in [3.8, 4) is 0 Å². The van der Waals surface area contributed by atoms with Crippen molar-refractivity contribution in [3.63, 3.8) is 0 Å². The minimum atomic E-state index is 0.136. The average Bonchev–Trinajstić information content (AvgIpc) is 2.59. The Labute approximate surface area is 147 Å². The van der Waals surface area contributed by atoms with Crippen LogP contribution in [0.2, 0.25) is 0 Å². The number of allylic oxidation sites excluding steroid dienone is 1. The highest BCUT2D eigenvalue weighted by Gasteiger charge is 2.20. The molecule has 0 heterocycles. The Morgan fingerprint density at radius 2 is 1.88 bits per heavy atom. The first-order chi connectivity index (χ1) is 11.5. The third-order valence-electron chi connectivity index (χ3n) is 5.34. The van der Waals surface area contributed by atoms with Gasteiger partial charge in [0.05, 0.1) is 5.70 Å². The molecule has 2 rings (SSSR count). The molecule has 1 aliphatic rings. The number of hydrogen-bond acceptors (Lipinski definition) is 2. The number of ketones is 1. The van der Waals surface area contributed by atoms with E-state index in [1.165, 1.54) is 31.4 Å². The highest BCUT2D eigenvalue weighted by Crippen LogP contribution is 2.30. The van der Waals surface area contributed by atoms with E-state index in [1.54, 1.807) is 6.92 Å². The maximum absolute atomic E-state index is 11.7. The lowest BCUT2D eigenvalue weighted by atomic mass is 9.81. The van der Waals surface area contributed by atoms with Gasteiger partial charge in [-0.2, -0.15) is 0 Å². The summed E-state index contributed by atoms with van der Waals surface area (Å²) in [5.41, 5.74) is 5.33. The first kappa shape index (κ1) is 18.6. The van der Waals surface area contributed by atoms with Crippen LogP contribution >= 0.6 is 0 Å². The molecule has 0 aliphatic heterocycles. The first-order valence-electron chi connectivity index (χ1n) is 9.32. The monoisotopic (exact) mass is 325 g/mol. The van der Waals surface area contributed by atoms with Crippen molar-refractivity contribution < 1.29 is 4.79 Å². The van der Waals surface area contributed by atoms with E-state index in [1.807, 2.05) is 19.1 Å². The van der Waals surface area contributed by atoms with E-state index in [0.29, 0.717) is 5.92 Å². The Morgan fingerprint density at radius 3 is 2.42 bits per heavy atom. The lowest BCUT2D eigenvalue weighted by Gasteiger charge is -2.26. The van der Waals surface area contributed by atoms with Crippen molar-refractivity contribution in [1.29, 1.82) is 0 Å². The SMILES string of the molecule is C/C=C(\N=C(C)C1CCC(C)CC1)c1ccc(C(C)=O)c(CC)c1. The van der Waals surface area contributed by atoms with Gasteiger partial charge in [-0.05, 0) is 63.5 Å². The molecule has 0 N–H and O–H groups in total. The predicted octanol–water partition coefficient (Wildman–Crippen LogP) is 6.10. The number of Topliss-reactive ketones (excluding diaryl/α,β-unsaturated/α-hetero) is 1. The van der Waals surface area contributed by atoms with Gasteiger partial charge < -0.3 is 0 Å². The molecule has 0 saturated heterocycles. The summed E-state index contributed by atoms with van der Waals surface area (Å²) in [6, 6.07) is 6.11. The minimum absolute atomic E-state index is 0.136. The Kier molecular flexibility index (Phi) is 6.53. The van der Waals surface area contributed by atoms with E-state index in [0.717, 1.165) is 34.7 Å². The molecular formula is C22H31NO. The zero-order valence-corrected chi connectivity index (χ0v) is 15.9. The second kappa shape index (κ2) is 8.41. The zero-order chi connectivity index (χ0) is 17.7. The lowest BCUT2D eigenvalue weighted by molar-refractivity contribution is 0.101. The van der Waals surface area contributed by atoms with Gasteiger partial charge in [0.15, 0.2) is 5.78 Å². The van der Waals surface area contributed by atoms with E-state index < -0.39 is 0 Å². The van der Waals surface area contributed by atoms with Crippen molar-refractivity contribution in [2.75, 3.05) is 0 Å². The molecule has 0 amide bonds. The maximum atomic E-state index is 11.7. The molecule has 24 heavy (non-hydrogen) atoms. The normalized spacial score (nSPS) is 22.5. The fourth-order valence-corrected chi connectivity index (χ4v) is 3.64. The van der Waals surface area contributed by atoms with Gasteiger partial charge in [-0.25, -0.2) is 0 Å². The number of hydrogen-bond donors (Lipinski definition) is 0. The molecule has 0 aromatic heterocycles. The summed E-state index contributed by atoms with van der Waals surface area (Å²) in [7, 11) is 0. The Hall–Kier alpha value is -1.70. The van der Waals surface area contributed by atoms with Crippen molar-refractivity contribution >= 4 is 17.2 Å². The summed E-state index contributed by atoms with van der Waals surface area (Å²) < 4.78 is 0. The van der Waals surface area contributed by atoms with Gasteiger partial charge in [-0.3, -0.25) is 9.79 Å². The van der Waals surface area contributed by atoms with E-state index in [-0.39, 0.29) is 5.78 Å². The summed E-state index contributed by atoms with van der Waals surface area (Å²) in [4.78, 5) is 16.7. The first-order valence-corrected chi connectivity index (χ1v) is 9.32. The van der Waals surface area contributed by atoms with Crippen LogP contribution in [0.3, 0.4) is 0 Å². The van der Waals surface area contributed by atoms with Gasteiger partial charge in [0.1, 0.15) is 0 Å². The van der Waals surface area contributed by atoms with Crippen molar-refractivity contribution in [1.82, 2.24) is 0 Å². The molecule has 0 unspecified atom stereocenters. The number of aliphatic imine (C=N–C) groups is 1. The third kappa shape index (κ3) is 4.43. The topological polar surface area (TPSA) is 29.4 Å². The quantitative estimate of drug-likeness (QED) is 0.475. The number of carbonyl (C=O) groups is 1. The van der Waals surface area contributed by atoms with Crippen LogP contribution < -0.4 is 0 Å². The number of nitrogens with zero attached hydrogens (tertiary/aromatic N) is 1. The maximum Gasteiger partial charge on any atom is 0.160 e. The molecule has 1 aliphatic carbocycles. The zero-order valence-electron chi connectivity index (χ0n) is 15.9. The molecule has 0 radical (unpaired) electrons. The van der Waals surface area contributed by atoms with Crippen molar-refractivity contribution in [2.45, 2.75) is 66.7 Å². The van der Waals surface area contributed by atoms with Gasteiger partial charge in [-0.15, -0.1) is 0 Å². The smallest absolute Gasteiger partial charge is 0.160 e. The molecule has 1 aromatic rings. The molecule has 2 nitrogen and oxygen atoms in total. The van der Waals surface area contributed by atoms with Crippen LogP contribution in [-0.2, 0) is 6.42 Å². The molecule has 0 bridgehead atoms. The van der Waals surface area contributed by atoms with Crippen LogP contribution in [0, 0.1) is 11.8 Å². The van der Waals surface area contributed by atoms with Gasteiger partial charge in [0.2, 0.25) is 0 Å². The summed E-state index contributed by atoms with van der Waals surface area (Å²) in [6.45, 7) is 10.3. The van der Waals surface area contributed by atoms with E-state index in [2.05, 4.69) is 32.9 Å². The molecular weight excluding hydrogens is 294 g/mol. The minimum Gasteiger partial charge on any atom is -0.295 e. The highest BCUT2D eigenvalue weighted by atomic mass is 16.1. The molecule has 2 heteroatoms. The van der Waals surface area contributed by atoms with Crippen molar-refractivity contribution in [3.05, 3.63) is 41.0 Å². The molecule has 1 aromatic carbocycles. The van der Waals surface area contributed by atoms with E-state index in [9.17, 15) is 4.79 Å².